The maximum Gasteiger partial charge on any atom is 0.323 e. The normalized spacial score (nSPS) is 17.9. The molecular weight excluding hydrogens is 252 g/mol. The predicted molar refractivity (Wildman–Crippen MR) is 74.2 cm³/mol. The molecule has 0 fully saturated rings. The molecule has 0 aromatic carbocycles. The monoisotopic (exact) mass is 278 g/mol. The molecule has 0 amide bonds. The first-order valence-electron chi connectivity index (χ1n) is 6.54. The molecule has 1 unspecified atom stereocenters. The highest BCUT2D eigenvalue weighted by Crippen LogP contribution is 2.18. The minimum absolute atomic E-state index is 0.0829. The van der Waals surface area contributed by atoms with Gasteiger partial charge in [-0.15, -0.1) is 0 Å². The van der Waals surface area contributed by atoms with Gasteiger partial charge in [-0.2, -0.15) is 0 Å². The number of carboxylic acids is 1. The SMILES string of the molecule is CCCC[C@](N)(CCS(=N)(=O)CCCC)C(=O)O. The molecule has 2 atom stereocenters. The Hall–Kier alpha value is -0.620. The molecule has 18 heavy (non-hydrogen) atoms. The van der Waals surface area contributed by atoms with Gasteiger partial charge in [0, 0.05) is 21.2 Å². The highest BCUT2D eigenvalue weighted by molar-refractivity contribution is 7.92. The van der Waals surface area contributed by atoms with E-state index in [-0.39, 0.29) is 12.2 Å². The van der Waals surface area contributed by atoms with Crippen molar-refractivity contribution in [2.45, 2.75) is 57.9 Å². The van der Waals surface area contributed by atoms with Gasteiger partial charge >= 0.3 is 5.97 Å². The van der Waals surface area contributed by atoms with Crippen molar-refractivity contribution in [1.82, 2.24) is 0 Å². The van der Waals surface area contributed by atoms with E-state index >= 15 is 0 Å². The number of hydrogen-bond acceptors (Lipinski definition) is 4. The molecule has 0 aromatic heterocycles. The lowest BCUT2D eigenvalue weighted by atomic mass is 9.91. The van der Waals surface area contributed by atoms with Crippen LogP contribution in [-0.2, 0) is 14.5 Å². The maximum atomic E-state index is 11.9. The van der Waals surface area contributed by atoms with Crippen LogP contribution in [0.4, 0.5) is 0 Å². The van der Waals surface area contributed by atoms with Crippen LogP contribution >= 0.6 is 0 Å². The van der Waals surface area contributed by atoms with Crippen molar-refractivity contribution >= 4 is 15.7 Å². The Morgan fingerprint density at radius 2 is 1.78 bits per heavy atom. The maximum absolute atomic E-state index is 11.9. The van der Waals surface area contributed by atoms with Gasteiger partial charge in [-0.25, -0.2) is 4.21 Å². The highest BCUT2D eigenvalue weighted by Gasteiger charge is 2.33. The van der Waals surface area contributed by atoms with Crippen LogP contribution in [0, 0.1) is 4.78 Å². The average molecular weight is 278 g/mol. The number of carboxylic acid groups (broad SMARTS) is 1. The summed E-state index contributed by atoms with van der Waals surface area (Å²) >= 11 is 0. The van der Waals surface area contributed by atoms with Crippen molar-refractivity contribution in [2.24, 2.45) is 5.73 Å². The zero-order chi connectivity index (χ0) is 14.2. The molecule has 4 N–H and O–H groups in total. The molecule has 0 aliphatic heterocycles. The van der Waals surface area contributed by atoms with Crippen molar-refractivity contribution < 1.29 is 14.1 Å². The number of nitrogens with one attached hydrogen (secondary N) is 1. The van der Waals surface area contributed by atoms with Gasteiger partial charge in [0.2, 0.25) is 0 Å². The quantitative estimate of drug-likeness (QED) is 0.569. The van der Waals surface area contributed by atoms with E-state index in [1.54, 1.807) is 0 Å². The first-order valence-corrected chi connectivity index (χ1v) is 8.43. The van der Waals surface area contributed by atoms with Crippen LogP contribution in [0.25, 0.3) is 0 Å². The fourth-order valence-electron chi connectivity index (χ4n) is 1.66. The average Bonchev–Trinajstić information content (AvgIpc) is 2.31. The van der Waals surface area contributed by atoms with E-state index < -0.39 is 21.2 Å². The molecule has 0 aliphatic rings. The van der Waals surface area contributed by atoms with Crippen LogP contribution < -0.4 is 5.73 Å². The lowest BCUT2D eigenvalue weighted by Crippen LogP contribution is -2.49. The fraction of sp³-hybridized carbons (Fsp3) is 0.917. The Balaban J connectivity index is 4.48. The van der Waals surface area contributed by atoms with E-state index in [0.717, 1.165) is 25.7 Å². The van der Waals surface area contributed by atoms with Crippen molar-refractivity contribution in [3.05, 3.63) is 0 Å². The number of nitrogens with two attached hydrogens (primary N) is 1. The second kappa shape index (κ2) is 7.74. The van der Waals surface area contributed by atoms with Crippen molar-refractivity contribution in [1.29, 1.82) is 4.78 Å². The van der Waals surface area contributed by atoms with Gasteiger partial charge in [0.1, 0.15) is 5.54 Å². The van der Waals surface area contributed by atoms with E-state index in [2.05, 4.69) is 0 Å². The van der Waals surface area contributed by atoms with E-state index in [9.17, 15) is 9.00 Å². The largest absolute Gasteiger partial charge is 0.480 e. The summed E-state index contributed by atoms with van der Waals surface area (Å²) in [6.07, 6.45) is 3.73. The molecule has 0 heterocycles. The summed E-state index contributed by atoms with van der Waals surface area (Å²) < 4.78 is 19.6. The molecule has 0 aromatic rings. The molecule has 0 radical (unpaired) electrons. The minimum Gasteiger partial charge on any atom is -0.480 e. The zero-order valence-corrected chi connectivity index (χ0v) is 12.2. The first kappa shape index (κ1) is 17.4. The Morgan fingerprint density at radius 3 is 2.22 bits per heavy atom. The van der Waals surface area contributed by atoms with Crippen LogP contribution in [0.15, 0.2) is 0 Å². The molecule has 0 aliphatic carbocycles. The lowest BCUT2D eigenvalue weighted by Gasteiger charge is -2.25. The first-order chi connectivity index (χ1) is 8.27. The summed E-state index contributed by atoms with van der Waals surface area (Å²) in [5.41, 5.74) is 4.53. The van der Waals surface area contributed by atoms with Gasteiger partial charge in [0.25, 0.3) is 0 Å². The minimum atomic E-state index is -2.68. The second-order valence-electron chi connectivity index (χ2n) is 4.89. The number of hydrogen-bond donors (Lipinski definition) is 3. The Bertz CT molecular complexity index is 354. The van der Waals surface area contributed by atoms with Crippen LogP contribution in [-0.4, -0.2) is 32.3 Å². The summed E-state index contributed by atoms with van der Waals surface area (Å²) in [5.74, 6) is -0.631. The molecule has 5 nitrogen and oxygen atoms in total. The van der Waals surface area contributed by atoms with Gasteiger partial charge in [0.15, 0.2) is 0 Å². The van der Waals surface area contributed by atoms with Gasteiger partial charge < -0.3 is 10.8 Å². The smallest absolute Gasteiger partial charge is 0.323 e. The molecule has 0 rings (SSSR count). The molecule has 0 spiro atoms. The topological polar surface area (TPSA) is 104 Å². The summed E-state index contributed by atoms with van der Waals surface area (Å²) in [5, 5.41) is 9.15. The molecular formula is C12H26N2O3S. The van der Waals surface area contributed by atoms with Crippen LogP contribution in [0.5, 0.6) is 0 Å². The third kappa shape index (κ3) is 6.35. The van der Waals surface area contributed by atoms with E-state index in [1.165, 1.54) is 0 Å². The van der Waals surface area contributed by atoms with Crippen molar-refractivity contribution in [2.75, 3.05) is 11.5 Å². The third-order valence-corrected chi connectivity index (χ3v) is 4.92. The molecule has 0 saturated carbocycles. The van der Waals surface area contributed by atoms with E-state index in [4.69, 9.17) is 15.6 Å². The summed E-state index contributed by atoms with van der Waals surface area (Å²) in [6.45, 7) is 3.94. The third-order valence-electron chi connectivity index (χ3n) is 3.11. The molecule has 6 heteroatoms. The van der Waals surface area contributed by atoms with Crippen molar-refractivity contribution in [3.63, 3.8) is 0 Å². The van der Waals surface area contributed by atoms with Crippen LogP contribution in [0.1, 0.15) is 52.4 Å². The number of rotatable bonds is 10. The summed E-state index contributed by atoms with van der Waals surface area (Å²) in [6, 6.07) is 0. The lowest BCUT2D eigenvalue weighted by molar-refractivity contribution is -0.143. The number of carbonyl (C=O) groups is 1. The number of unbranched alkanes of at least 4 members (excludes halogenated alkanes) is 2. The highest BCUT2D eigenvalue weighted by atomic mass is 32.2. The Morgan fingerprint density at radius 1 is 1.22 bits per heavy atom. The van der Waals surface area contributed by atoms with Crippen LogP contribution in [0.3, 0.4) is 0 Å². The zero-order valence-electron chi connectivity index (χ0n) is 11.4. The summed E-state index contributed by atoms with van der Waals surface area (Å²) in [4.78, 5) is 11.2. The van der Waals surface area contributed by atoms with E-state index in [0.29, 0.717) is 12.2 Å². The molecule has 0 bridgehead atoms. The predicted octanol–water partition coefficient (Wildman–Crippen LogP) is 2.20. The molecule has 0 saturated heterocycles. The number of aliphatic carboxylic acids is 1. The second-order valence-corrected chi connectivity index (χ2v) is 7.33. The van der Waals surface area contributed by atoms with Gasteiger partial charge in [0.05, 0.1) is 0 Å². The Kier molecular flexibility index (Phi) is 7.47. The van der Waals surface area contributed by atoms with E-state index in [1.807, 2.05) is 13.8 Å². The molecule has 108 valence electrons. The van der Waals surface area contributed by atoms with Gasteiger partial charge in [-0.3, -0.25) is 9.57 Å². The standard InChI is InChI=1S/C12H26N2O3S/c1-3-5-7-12(13,11(15)16)8-10-18(14,17)9-6-4-2/h14H,3-10,13H2,1-2H3,(H,15,16)/t12-,18?/m0/s1. The van der Waals surface area contributed by atoms with Gasteiger partial charge in [-0.05, 0) is 19.3 Å². The van der Waals surface area contributed by atoms with Crippen molar-refractivity contribution in [3.8, 4) is 0 Å². The fourth-order valence-corrected chi connectivity index (χ4v) is 3.31. The Labute approximate surface area is 110 Å². The summed E-state index contributed by atoms with van der Waals surface area (Å²) in [7, 11) is -2.68. The van der Waals surface area contributed by atoms with Crippen LogP contribution in [0.2, 0.25) is 0 Å². The van der Waals surface area contributed by atoms with Gasteiger partial charge in [-0.1, -0.05) is 33.1 Å².